The van der Waals surface area contributed by atoms with E-state index in [1.54, 1.807) is 11.6 Å². The highest BCUT2D eigenvalue weighted by Crippen LogP contribution is 2.11. The first-order chi connectivity index (χ1) is 11.0. The Bertz CT molecular complexity index is 634. The largest absolute Gasteiger partial charge is 0.338 e. The Labute approximate surface area is 137 Å². The average molecular weight is 339 g/mol. The summed E-state index contributed by atoms with van der Waals surface area (Å²) in [6, 6.07) is 3.56. The van der Waals surface area contributed by atoms with Crippen LogP contribution >= 0.6 is 11.3 Å². The Kier molecular flexibility index (Phi) is 6.46. The van der Waals surface area contributed by atoms with Gasteiger partial charge in [-0.25, -0.2) is 18.6 Å². The molecule has 0 aliphatic carbocycles. The molecule has 0 saturated heterocycles. The minimum Gasteiger partial charge on any atom is -0.338 e. The summed E-state index contributed by atoms with van der Waals surface area (Å²) >= 11 is 1.53. The number of carbonyl (C=O) groups excluding carboxylic acids is 1. The fraction of sp³-hybridized carbons (Fsp3) is 0.375. The van der Waals surface area contributed by atoms with Crippen LogP contribution in [0.1, 0.15) is 24.6 Å². The van der Waals surface area contributed by atoms with E-state index >= 15 is 0 Å². The zero-order valence-electron chi connectivity index (χ0n) is 12.8. The van der Waals surface area contributed by atoms with Crippen LogP contribution in [0.4, 0.5) is 13.6 Å². The smallest absolute Gasteiger partial charge is 0.315 e. The summed E-state index contributed by atoms with van der Waals surface area (Å²) in [5, 5.41) is 7.54. The van der Waals surface area contributed by atoms with Gasteiger partial charge in [-0.1, -0.05) is 6.07 Å². The zero-order valence-corrected chi connectivity index (χ0v) is 13.6. The highest BCUT2D eigenvalue weighted by Gasteiger charge is 2.08. The summed E-state index contributed by atoms with van der Waals surface area (Å²) in [4.78, 5) is 15.9. The van der Waals surface area contributed by atoms with E-state index in [2.05, 4.69) is 15.6 Å². The summed E-state index contributed by atoms with van der Waals surface area (Å²) in [6.45, 7) is 2.39. The Hall–Kier alpha value is -2.02. The molecule has 7 heteroatoms. The van der Waals surface area contributed by atoms with Gasteiger partial charge in [-0.3, -0.25) is 0 Å². The van der Waals surface area contributed by atoms with Crippen LogP contribution in [0.25, 0.3) is 0 Å². The van der Waals surface area contributed by atoms with Gasteiger partial charge in [0.15, 0.2) is 11.6 Å². The molecule has 23 heavy (non-hydrogen) atoms. The van der Waals surface area contributed by atoms with Crippen molar-refractivity contribution in [3.63, 3.8) is 0 Å². The average Bonchev–Trinajstić information content (AvgIpc) is 3.02. The van der Waals surface area contributed by atoms with E-state index < -0.39 is 11.6 Å². The van der Waals surface area contributed by atoms with E-state index in [9.17, 15) is 13.6 Å². The highest BCUT2D eigenvalue weighted by molar-refractivity contribution is 7.07. The number of aromatic nitrogens is 1. The van der Waals surface area contributed by atoms with Crippen LogP contribution in [-0.2, 0) is 12.8 Å². The maximum absolute atomic E-state index is 13.1. The molecule has 1 unspecified atom stereocenters. The number of nitrogens with one attached hydrogen (secondary N) is 2. The SMILES string of the molecule is CC(CCc1ccc(F)c(F)c1)NC(=O)NCCc1cscn1. The molecule has 2 aromatic rings. The van der Waals surface area contributed by atoms with Crippen molar-refractivity contribution < 1.29 is 13.6 Å². The fourth-order valence-electron chi connectivity index (χ4n) is 2.09. The quantitative estimate of drug-likeness (QED) is 0.813. The molecule has 0 bridgehead atoms. The van der Waals surface area contributed by atoms with Gasteiger partial charge in [0.1, 0.15) is 0 Å². The minimum atomic E-state index is -0.848. The van der Waals surface area contributed by atoms with E-state index in [4.69, 9.17) is 0 Å². The van der Waals surface area contributed by atoms with Crippen LogP contribution in [0.2, 0.25) is 0 Å². The molecule has 124 valence electrons. The van der Waals surface area contributed by atoms with Gasteiger partial charge in [-0.15, -0.1) is 11.3 Å². The molecular formula is C16H19F2N3OS. The number of rotatable bonds is 7. The summed E-state index contributed by atoms with van der Waals surface area (Å²) < 4.78 is 26.0. The lowest BCUT2D eigenvalue weighted by Gasteiger charge is -2.14. The second kappa shape index (κ2) is 8.57. The normalized spacial score (nSPS) is 12.0. The van der Waals surface area contributed by atoms with Gasteiger partial charge in [-0.05, 0) is 37.5 Å². The molecule has 1 aromatic heterocycles. The number of hydrogen-bond acceptors (Lipinski definition) is 3. The van der Waals surface area contributed by atoms with Gasteiger partial charge in [0.2, 0.25) is 0 Å². The maximum Gasteiger partial charge on any atom is 0.315 e. The Balaban J connectivity index is 1.66. The predicted molar refractivity (Wildman–Crippen MR) is 86.5 cm³/mol. The van der Waals surface area contributed by atoms with Gasteiger partial charge in [0.05, 0.1) is 11.2 Å². The number of hydrogen-bond donors (Lipinski definition) is 2. The molecule has 1 atom stereocenters. The Morgan fingerprint density at radius 3 is 2.83 bits per heavy atom. The van der Waals surface area contributed by atoms with Crippen LogP contribution in [-0.4, -0.2) is 23.6 Å². The molecule has 2 rings (SSSR count). The van der Waals surface area contributed by atoms with Crippen molar-refractivity contribution in [3.8, 4) is 0 Å². The van der Waals surface area contributed by atoms with E-state index in [0.717, 1.165) is 11.8 Å². The second-order valence-electron chi connectivity index (χ2n) is 5.32. The molecule has 0 radical (unpaired) electrons. The second-order valence-corrected chi connectivity index (χ2v) is 6.04. The van der Waals surface area contributed by atoms with Crippen molar-refractivity contribution in [2.24, 2.45) is 0 Å². The molecule has 0 aliphatic rings. The van der Waals surface area contributed by atoms with Gasteiger partial charge >= 0.3 is 6.03 Å². The van der Waals surface area contributed by atoms with Gasteiger partial charge in [-0.2, -0.15) is 0 Å². The Morgan fingerprint density at radius 1 is 1.30 bits per heavy atom. The van der Waals surface area contributed by atoms with Crippen LogP contribution in [0, 0.1) is 11.6 Å². The van der Waals surface area contributed by atoms with Crippen molar-refractivity contribution >= 4 is 17.4 Å². The highest BCUT2D eigenvalue weighted by atomic mass is 32.1. The van der Waals surface area contributed by atoms with Crippen LogP contribution in [0.5, 0.6) is 0 Å². The van der Waals surface area contributed by atoms with Crippen molar-refractivity contribution in [2.45, 2.75) is 32.2 Å². The third-order valence-corrected chi connectivity index (χ3v) is 4.01. The number of benzene rings is 1. The lowest BCUT2D eigenvalue weighted by Crippen LogP contribution is -2.41. The molecule has 0 aliphatic heterocycles. The molecule has 0 spiro atoms. The molecule has 0 saturated carbocycles. The number of thiazole rings is 1. The summed E-state index contributed by atoms with van der Waals surface area (Å²) in [5.41, 5.74) is 3.43. The number of urea groups is 1. The number of amides is 2. The van der Waals surface area contributed by atoms with Crippen molar-refractivity contribution in [1.82, 2.24) is 15.6 Å². The van der Waals surface area contributed by atoms with Crippen molar-refractivity contribution in [2.75, 3.05) is 6.54 Å². The van der Waals surface area contributed by atoms with E-state index in [1.165, 1.54) is 17.4 Å². The lowest BCUT2D eigenvalue weighted by molar-refractivity contribution is 0.237. The predicted octanol–water partition coefficient (Wildman–Crippen LogP) is 3.28. The number of nitrogens with zero attached hydrogens (tertiary/aromatic N) is 1. The molecule has 1 aromatic carbocycles. The molecule has 4 nitrogen and oxygen atoms in total. The van der Waals surface area contributed by atoms with Gasteiger partial charge in [0, 0.05) is 24.4 Å². The number of aryl methyl sites for hydroxylation is 1. The maximum atomic E-state index is 13.1. The third-order valence-electron chi connectivity index (χ3n) is 3.38. The van der Waals surface area contributed by atoms with E-state index in [-0.39, 0.29) is 12.1 Å². The first kappa shape index (κ1) is 17.3. The molecule has 0 fully saturated rings. The molecule has 2 N–H and O–H groups in total. The van der Waals surface area contributed by atoms with Crippen LogP contribution in [0.3, 0.4) is 0 Å². The van der Waals surface area contributed by atoms with E-state index in [1.807, 2.05) is 12.3 Å². The lowest BCUT2D eigenvalue weighted by atomic mass is 10.1. The molecular weight excluding hydrogens is 320 g/mol. The first-order valence-corrected chi connectivity index (χ1v) is 8.34. The Morgan fingerprint density at radius 2 is 2.13 bits per heavy atom. The summed E-state index contributed by atoms with van der Waals surface area (Å²) in [5.74, 6) is -1.69. The van der Waals surface area contributed by atoms with Crippen LogP contribution < -0.4 is 10.6 Å². The number of carbonyl (C=O) groups is 1. The molecule has 1 heterocycles. The van der Waals surface area contributed by atoms with E-state index in [0.29, 0.717) is 31.4 Å². The fourth-order valence-corrected chi connectivity index (χ4v) is 2.68. The third kappa shape index (κ3) is 5.94. The first-order valence-electron chi connectivity index (χ1n) is 7.40. The minimum absolute atomic E-state index is 0.0672. The number of halogens is 2. The van der Waals surface area contributed by atoms with Gasteiger partial charge < -0.3 is 10.6 Å². The van der Waals surface area contributed by atoms with Crippen LogP contribution in [0.15, 0.2) is 29.1 Å². The molecule has 2 amide bonds. The summed E-state index contributed by atoms with van der Waals surface area (Å²) in [6.07, 6.45) is 1.90. The summed E-state index contributed by atoms with van der Waals surface area (Å²) in [7, 11) is 0. The van der Waals surface area contributed by atoms with Crippen molar-refractivity contribution in [1.29, 1.82) is 0 Å². The van der Waals surface area contributed by atoms with Gasteiger partial charge in [0.25, 0.3) is 0 Å². The van der Waals surface area contributed by atoms with Crippen molar-refractivity contribution in [3.05, 3.63) is 52.0 Å². The topological polar surface area (TPSA) is 54.0 Å². The zero-order chi connectivity index (χ0) is 16.7. The standard InChI is InChI=1S/C16H19F2N3OS/c1-11(2-3-12-4-5-14(17)15(18)8-12)21-16(22)19-7-6-13-9-23-10-20-13/h4-5,8-11H,2-3,6-7H2,1H3,(H2,19,21,22). The monoisotopic (exact) mass is 339 g/mol.